The summed E-state index contributed by atoms with van der Waals surface area (Å²) in [6.45, 7) is 8.54. The van der Waals surface area contributed by atoms with E-state index in [2.05, 4.69) is 25.5 Å². The molecule has 2 aromatic rings. The predicted octanol–water partition coefficient (Wildman–Crippen LogP) is 3.05. The van der Waals surface area contributed by atoms with Gasteiger partial charge in [-0.1, -0.05) is 12.1 Å². The van der Waals surface area contributed by atoms with Crippen molar-refractivity contribution < 1.29 is 8.81 Å². The van der Waals surface area contributed by atoms with Crippen LogP contribution in [0.3, 0.4) is 0 Å². The Morgan fingerprint density at radius 3 is 2.55 bits per heavy atom. The predicted molar refractivity (Wildman–Crippen MR) is 113 cm³/mol. The van der Waals surface area contributed by atoms with Crippen molar-refractivity contribution in [3.63, 3.8) is 0 Å². The number of oxazole rings is 1. The second-order valence-corrected chi connectivity index (χ2v) is 7.73. The van der Waals surface area contributed by atoms with Crippen LogP contribution in [0.15, 0.2) is 33.7 Å². The van der Waals surface area contributed by atoms with Gasteiger partial charge in [0.25, 0.3) is 0 Å². The van der Waals surface area contributed by atoms with Crippen LogP contribution < -0.4 is 10.6 Å². The zero-order chi connectivity index (χ0) is 20.6. The van der Waals surface area contributed by atoms with E-state index in [0.29, 0.717) is 5.92 Å². The fourth-order valence-electron chi connectivity index (χ4n) is 3.58. The highest BCUT2D eigenvalue weighted by molar-refractivity contribution is 5.79. The highest BCUT2D eigenvalue weighted by Gasteiger charge is 2.21. The van der Waals surface area contributed by atoms with E-state index in [1.54, 1.807) is 7.05 Å². The molecule has 0 aliphatic carbocycles. The van der Waals surface area contributed by atoms with Gasteiger partial charge in [0, 0.05) is 20.1 Å². The Morgan fingerprint density at radius 1 is 1.21 bits per heavy atom. The van der Waals surface area contributed by atoms with Crippen molar-refractivity contribution >= 4 is 5.96 Å². The summed E-state index contributed by atoms with van der Waals surface area (Å²) in [6, 6.07) is 6.64. The molecule has 0 unspecified atom stereocenters. The number of aryl methyl sites for hydroxylation is 2. The summed E-state index contributed by atoms with van der Waals surface area (Å²) in [7, 11) is 1.79. The number of nitrogens with one attached hydrogen (secondary N) is 2. The van der Waals surface area contributed by atoms with Crippen molar-refractivity contribution in [2.45, 2.75) is 39.7 Å². The van der Waals surface area contributed by atoms with Gasteiger partial charge in [0.2, 0.25) is 5.89 Å². The molecule has 0 radical (unpaired) electrons. The van der Waals surface area contributed by atoms with Gasteiger partial charge in [0.1, 0.15) is 11.6 Å². The number of piperidine rings is 1. The monoisotopic (exact) mass is 401 g/mol. The molecule has 2 heterocycles. The molecule has 6 nitrogen and oxygen atoms in total. The fraction of sp³-hybridized carbons (Fsp3) is 0.545. The highest BCUT2D eigenvalue weighted by atomic mass is 19.1. The molecule has 3 rings (SSSR count). The van der Waals surface area contributed by atoms with Crippen LogP contribution in [0.1, 0.15) is 35.7 Å². The molecule has 158 valence electrons. The van der Waals surface area contributed by atoms with E-state index >= 15 is 0 Å². The summed E-state index contributed by atoms with van der Waals surface area (Å²) in [6.07, 6.45) is 3.13. The normalized spacial score (nSPS) is 16.2. The van der Waals surface area contributed by atoms with Gasteiger partial charge in [-0.3, -0.25) is 9.89 Å². The number of nitrogens with zero attached hydrogens (tertiary/aromatic N) is 3. The Labute approximate surface area is 172 Å². The van der Waals surface area contributed by atoms with Crippen LogP contribution in [0.2, 0.25) is 0 Å². The molecule has 7 heteroatoms. The van der Waals surface area contributed by atoms with Crippen molar-refractivity contribution in [2.75, 3.05) is 33.2 Å². The van der Waals surface area contributed by atoms with Crippen LogP contribution >= 0.6 is 0 Å². The van der Waals surface area contributed by atoms with Crippen molar-refractivity contribution in [1.29, 1.82) is 0 Å². The summed E-state index contributed by atoms with van der Waals surface area (Å²) in [5.74, 6) is 2.99. The zero-order valence-corrected chi connectivity index (χ0v) is 17.7. The first-order chi connectivity index (χ1) is 14.0. The lowest BCUT2D eigenvalue weighted by Gasteiger charge is -2.31. The number of hydrogen-bond acceptors (Lipinski definition) is 4. The fourth-order valence-corrected chi connectivity index (χ4v) is 3.58. The highest BCUT2D eigenvalue weighted by Crippen LogP contribution is 2.19. The topological polar surface area (TPSA) is 65.7 Å². The molecule has 0 saturated carbocycles. The number of aromatic nitrogens is 1. The second-order valence-electron chi connectivity index (χ2n) is 7.73. The summed E-state index contributed by atoms with van der Waals surface area (Å²) < 4.78 is 18.7. The SMILES string of the molecule is CN=C(NCCc1ccc(F)cc1)NCC1CCN(Cc2nc(C)c(C)o2)CC1. The Balaban J connectivity index is 1.33. The maximum Gasteiger partial charge on any atom is 0.208 e. The second kappa shape index (κ2) is 10.4. The molecule has 29 heavy (non-hydrogen) atoms. The molecular weight excluding hydrogens is 369 g/mol. The van der Waals surface area contributed by atoms with Crippen LogP contribution in [0.4, 0.5) is 4.39 Å². The molecular formula is C22H32FN5O. The third-order valence-electron chi connectivity index (χ3n) is 5.54. The minimum absolute atomic E-state index is 0.198. The number of benzene rings is 1. The maximum absolute atomic E-state index is 13.0. The standard InChI is InChI=1S/C22H32FN5O/c1-16-17(2)29-21(27-16)15-28-12-9-19(10-13-28)14-26-22(24-3)25-11-8-18-4-6-20(23)7-5-18/h4-7,19H,8-15H2,1-3H3,(H2,24,25,26). The van der Waals surface area contributed by atoms with Crippen LogP contribution in [0.25, 0.3) is 0 Å². The smallest absolute Gasteiger partial charge is 0.208 e. The Hall–Kier alpha value is -2.41. The zero-order valence-electron chi connectivity index (χ0n) is 17.7. The van der Waals surface area contributed by atoms with Crippen molar-refractivity contribution in [3.8, 4) is 0 Å². The van der Waals surface area contributed by atoms with Gasteiger partial charge in [-0.15, -0.1) is 0 Å². The van der Waals surface area contributed by atoms with E-state index in [0.717, 1.165) is 80.9 Å². The van der Waals surface area contributed by atoms with Gasteiger partial charge in [-0.25, -0.2) is 9.37 Å². The van der Waals surface area contributed by atoms with E-state index in [4.69, 9.17) is 4.42 Å². The summed E-state index contributed by atoms with van der Waals surface area (Å²) in [5, 5.41) is 6.77. The lowest BCUT2D eigenvalue weighted by Crippen LogP contribution is -2.43. The van der Waals surface area contributed by atoms with E-state index in [1.165, 1.54) is 12.1 Å². The minimum atomic E-state index is -0.198. The number of rotatable bonds is 7. The Morgan fingerprint density at radius 2 is 1.93 bits per heavy atom. The Kier molecular flexibility index (Phi) is 7.63. The van der Waals surface area contributed by atoms with Crippen molar-refractivity contribution in [1.82, 2.24) is 20.5 Å². The van der Waals surface area contributed by atoms with Gasteiger partial charge in [-0.05, 0) is 69.8 Å². The lowest BCUT2D eigenvalue weighted by atomic mass is 9.97. The number of halogens is 1. The summed E-state index contributed by atoms with van der Waals surface area (Å²) in [4.78, 5) is 11.2. The molecule has 0 atom stereocenters. The van der Waals surface area contributed by atoms with E-state index in [9.17, 15) is 4.39 Å². The van der Waals surface area contributed by atoms with E-state index < -0.39 is 0 Å². The molecule has 0 amide bonds. The number of likely N-dealkylation sites (tertiary alicyclic amines) is 1. The number of guanidine groups is 1. The van der Waals surface area contributed by atoms with Crippen LogP contribution in [0, 0.1) is 25.6 Å². The molecule has 1 aromatic heterocycles. The molecule has 0 bridgehead atoms. The summed E-state index contributed by atoms with van der Waals surface area (Å²) >= 11 is 0. The van der Waals surface area contributed by atoms with Crippen molar-refractivity contribution in [3.05, 3.63) is 53.0 Å². The van der Waals surface area contributed by atoms with Gasteiger partial charge >= 0.3 is 0 Å². The lowest BCUT2D eigenvalue weighted by molar-refractivity contribution is 0.164. The quantitative estimate of drug-likeness (QED) is 0.551. The minimum Gasteiger partial charge on any atom is -0.444 e. The molecule has 0 spiro atoms. The van der Waals surface area contributed by atoms with Gasteiger partial charge in [0.15, 0.2) is 5.96 Å². The van der Waals surface area contributed by atoms with Crippen LogP contribution in [-0.2, 0) is 13.0 Å². The first kappa shape index (κ1) is 21.3. The summed E-state index contributed by atoms with van der Waals surface area (Å²) in [5.41, 5.74) is 2.09. The molecule has 1 aliphatic rings. The molecule has 1 fully saturated rings. The third kappa shape index (κ3) is 6.56. The van der Waals surface area contributed by atoms with Gasteiger partial charge in [0.05, 0.1) is 12.2 Å². The average molecular weight is 402 g/mol. The largest absolute Gasteiger partial charge is 0.444 e. The molecule has 1 saturated heterocycles. The number of aliphatic imine (C=N–C) groups is 1. The molecule has 1 aromatic carbocycles. The first-order valence-electron chi connectivity index (χ1n) is 10.4. The van der Waals surface area contributed by atoms with Gasteiger partial charge < -0.3 is 15.1 Å². The van der Waals surface area contributed by atoms with Crippen molar-refractivity contribution in [2.24, 2.45) is 10.9 Å². The van der Waals surface area contributed by atoms with Crippen LogP contribution in [-0.4, -0.2) is 49.1 Å². The number of hydrogen-bond donors (Lipinski definition) is 2. The third-order valence-corrected chi connectivity index (χ3v) is 5.54. The molecule has 1 aliphatic heterocycles. The molecule has 2 N–H and O–H groups in total. The van der Waals surface area contributed by atoms with Crippen LogP contribution in [0.5, 0.6) is 0 Å². The first-order valence-corrected chi connectivity index (χ1v) is 10.4. The Bertz CT molecular complexity index is 775. The maximum atomic E-state index is 13.0. The van der Waals surface area contributed by atoms with Gasteiger partial charge in [-0.2, -0.15) is 0 Å². The van der Waals surface area contributed by atoms with E-state index in [1.807, 2.05) is 26.0 Å². The average Bonchev–Trinajstić information content (AvgIpc) is 3.04. The van der Waals surface area contributed by atoms with E-state index in [-0.39, 0.29) is 5.82 Å².